The van der Waals surface area contributed by atoms with E-state index in [-0.39, 0.29) is 6.03 Å². The van der Waals surface area contributed by atoms with Crippen molar-refractivity contribution >= 4 is 33.3 Å². The van der Waals surface area contributed by atoms with Gasteiger partial charge in [-0.1, -0.05) is 0 Å². The van der Waals surface area contributed by atoms with Crippen molar-refractivity contribution in [2.24, 2.45) is 0 Å². The second kappa shape index (κ2) is 6.64. The van der Waals surface area contributed by atoms with Crippen LogP contribution in [0.1, 0.15) is 0 Å². The van der Waals surface area contributed by atoms with E-state index in [1.165, 1.54) is 18.6 Å². The summed E-state index contributed by atoms with van der Waals surface area (Å²) in [7, 11) is 2.98. The zero-order valence-corrected chi connectivity index (χ0v) is 13.5. The highest BCUT2D eigenvalue weighted by Crippen LogP contribution is 2.28. The van der Waals surface area contributed by atoms with Crippen molar-refractivity contribution in [1.82, 2.24) is 9.69 Å². The summed E-state index contributed by atoms with van der Waals surface area (Å²) in [6.45, 7) is 0. The quantitative estimate of drug-likeness (QED) is 0.740. The smallest absolute Gasteiger partial charge is 0.345 e. The first-order valence-electron chi connectivity index (χ1n) is 6.89. The van der Waals surface area contributed by atoms with E-state index in [2.05, 4.69) is 9.69 Å². The molecular formula is C16H15N3O3S. The molecule has 0 bridgehead atoms. The molecule has 1 N–H and O–H groups in total. The Kier molecular flexibility index (Phi) is 4.40. The third kappa shape index (κ3) is 3.25. The third-order valence-corrected chi connectivity index (χ3v) is 3.99. The summed E-state index contributed by atoms with van der Waals surface area (Å²) in [5, 5.41) is 4.72. The molecule has 2 amide bonds. The van der Waals surface area contributed by atoms with E-state index in [9.17, 15) is 4.79 Å². The molecule has 1 aromatic heterocycles. The highest BCUT2D eigenvalue weighted by atomic mass is 32.1. The van der Waals surface area contributed by atoms with Gasteiger partial charge in [0.2, 0.25) is 0 Å². The maximum absolute atomic E-state index is 11.7. The number of nitrogens with zero attached hydrogens (tertiary/aromatic N) is 2. The van der Waals surface area contributed by atoms with Gasteiger partial charge in [0.1, 0.15) is 11.5 Å². The van der Waals surface area contributed by atoms with Crippen molar-refractivity contribution in [3.63, 3.8) is 0 Å². The molecule has 0 fully saturated rings. The van der Waals surface area contributed by atoms with Crippen molar-refractivity contribution in [2.75, 3.05) is 19.2 Å². The molecular weight excluding hydrogens is 314 g/mol. The summed E-state index contributed by atoms with van der Waals surface area (Å²) in [6.07, 6.45) is 1.82. The van der Waals surface area contributed by atoms with Gasteiger partial charge in [-0.3, -0.25) is 4.84 Å². The fourth-order valence-electron chi connectivity index (χ4n) is 2.11. The first-order chi connectivity index (χ1) is 11.2. The lowest BCUT2D eigenvalue weighted by Gasteiger charge is -2.19. The van der Waals surface area contributed by atoms with E-state index < -0.39 is 0 Å². The molecule has 1 heterocycles. The molecule has 118 valence electrons. The molecule has 0 spiro atoms. The average Bonchev–Trinajstić information content (AvgIpc) is 3.04. The number of aromatic nitrogens is 1. The largest absolute Gasteiger partial charge is 0.457 e. The Labute approximate surface area is 137 Å². The van der Waals surface area contributed by atoms with E-state index >= 15 is 0 Å². The SMILES string of the molecule is CNC(=O)N(OC)c1ccc(Oc2ccc3sncc3c2)cc1. The Morgan fingerprint density at radius 2 is 1.91 bits per heavy atom. The lowest BCUT2D eigenvalue weighted by molar-refractivity contribution is 0.164. The van der Waals surface area contributed by atoms with Crippen LogP contribution in [0.4, 0.5) is 10.5 Å². The highest BCUT2D eigenvalue weighted by Gasteiger charge is 2.13. The van der Waals surface area contributed by atoms with Crippen molar-refractivity contribution in [3.8, 4) is 11.5 Å². The summed E-state index contributed by atoms with van der Waals surface area (Å²) in [4.78, 5) is 16.7. The van der Waals surface area contributed by atoms with Crippen LogP contribution in [-0.2, 0) is 4.84 Å². The van der Waals surface area contributed by atoms with E-state index in [0.717, 1.165) is 20.9 Å². The van der Waals surface area contributed by atoms with Gasteiger partial charge in [-0.25, -0.2) is 4.79 Å². The van der Waals surface area contributed by atoms with Crippen molar-refractivity contribution in [2.45, 2.75) is 0 Å². The summed E-state index contributed by atoms with van der Waals surface area (Å²) in [5.41, 5.74) is 0.608. The first kappa shape index (κ1) is 15.3. The molecule has 2 aromatic carbocycles. The highest BCUT2D eigenvalue weighted by molar-refractivity contribution is 7.13. The Balaban J connectivity index is 1.77. The third-order valence-electron chi connectivity index (χ3n) is 3.21. The Morgan fingerprint density at radius 1 is 1.17 bits per heavy atom. The normalized spacial score (nSPS) is 10.5. The van der Waals surface area contributed by atoms with E-state index in [0.29, 0.717) is 11.4 Å². The van der Waals surface area contributed by atoms with Gasteiger partial charge in [0, 0.05) is 18.6 Å². The minimum absolute atomic E-state index is 0.350. The molecule has 0 saturated carbocycles. The van der Waals surface area contributed by atoms with Crippen molar-refractivity contribution in [3.05, 3.63) is 48.7 Å². The molecule has 0 aliphatic heterocycles. The molecule has 3 rings (SSSR count). The number of carbonyl (C=O) groups is 1. The van der Waals surface area contributed by atoms with Crippen LogP contribution in [0, 0.1) is 0 Å². The lowest BCUT2D eigenvalue weighted by Crippen LogP contribution is -2.37. The monoisotopic (exact) mass is 329 g/mol. The van der Waals surface area contributed by atoms with Gasteiger partial charge in [-0.05, 0) is 54.0 Å². The Morgan fingerprint density at radius 3 is 2.61 bits per heavy atom. The molecule has 0 unspecified atom stereocenters. The van der Waals surface area contributed by atoms with E-state index in [1.54, 1.807) is 31.3 Å². The van der Waals surface area contributed by atoms with Crippen molar-refractivity contribution in [1.29, 1.82) is 0 Å². The Bertz CT molecular complexity index is 817. The number of nitrogens with one attached hydrogen (secondary N) is 1. The number of hydrogen-bond acceptors (Lipinski definition) is 5. The second-order valence-corrected chi connectivity index (χ2v) is 5.49. The fraction of sp³-hybridized carbons (Fsp3) is 0.125. The molecule has 23 heavy (non-hydrogen) atoms. The number of carbonyl (C=O) groups excluding carboxylic acids is 1. The summed E-state index contributed by atoms with van der Waals surface area (Å²) >= 11 is 1.45. The number of rotatable bonds is 4. The summed E-state index contributed by atoms with van der Waals surface area (Å²) in [5.74, 6) is 1.41. The molecule has 0 saturated heterocycles. The Hall–Kier alpha value is -2.64. The number of amides is 2. The molecule has 0 aliphatic carbocycles. The number of ether oxygens (including phenoxy) is 1. The second-order valence-electron chi connectivity index (χ2n) is 4.65. The van der Waals surface area contributed by atoms with Gasteiger partial charge in [0.15, 0.2) is 0 Å². The number of hydroxylamine groups is 1. The topological polar surface area (TPSA) is 63.7 Å². The standard InChI is InChI=1S/C16H15N3O3S/c1-17-16(20)19(21-2)12-3-5-13(6-4-12)22-14-7-8-15-11(9-14)10-18-23-15/h3-10H,1-2H3,(H,17,20). The zero-order chi connectivity index (χ0) is 16.2. The van der Waals surface area contributed by atoms with Gasteiger partial charge in [0.05, 0.1) is 17.5 Å². The summed E-state index contributed by atoms with van der Waals surface area (Å²) < 4.78 is 11.1. The lowest BCUT2D eigenvalue weighted by atomic mass is 10.2. The predicted molar refractivity (Wildman–Crippen MR) is 90.1 cm³/mol. The molecule has 6 nitrogen and oxygen atoms in total. The number of urea groups is 1. The number of benzene rings is 2. The maximum Gasteiger partial charge on any atom is 0.345 e. The first-order valence-corrected chi connectivity index (χ1v) is 7.67. The molecule has 0 radical (unpaired) electrons. The van der Waals surface area contributed by atoms with Crippen LogP contribution in [0.5, 0.6) is 11.5 Å². The summed E-state index contributed by atoms with van der Waals surface area (Å²) in [6, 6.07) is 12.5. The van der Waals surface area contributed by atoms with Gasteiger partial charge >= 0.3 is 6.03 Å². The van der Waals surface area contributed by atoms with Crippen LogP contribution in [0.15, 0.2) is 48.7 Å². The van der Waals surface area contributed by atoms with Gasteiger partial charge in [-0.2, -0.15) is 9.44 Å². The van der Waals surface area contributed by atoms with Gasteiger partial charge < -0.3 is 10.1 Å². The fourth-order valence-corrected chi connectivity index (χ4v) is 2.73. The van der Waals surface area contributed by atoms with Crippen molar-refractivity contribution < 1.29 is 14.4 Å². The predicted octanol–water partition coefficient (Wildman–Crippen LogP) is 3.80. The van der Waals surface area contributed by atoms with Gasteiger partial charge in [-0.15, -0.1) is 0 Å². The molecule has 3 aromatic rings. The molecule has 0 atom stereocenters. The van der Waals surface area contributed by atoms with Crippen LogP contribution in [0.3, 0.4) is 0 Å². The van der Waals surface area contributed by atoms with Crippen LogP contribution in [0.2, 0.25) is 0 Å². The van der Waals surface area contributed by atoms with Crippen LogP contribution < -0.4 is 15.1 Å². The molecule has 7 heteroatoms. The van der Waals surface area contributed by atoms with Crippen LogP contribution in [-0.4, -0.2) is 24.6 Å². The average molecular weight is 329 g/mol. The number of anilines is 1. The van der Waals surface area contributed by atoms with Crippen LogP contribution >= 0.6 is 11.5 Å². The number of hydrogen-bond donors (Lipinski definition) is 1. The zero-order valence-electron chi connectivity index (χ0n) is 12.6. The minimum atomic E-state index is -0.350. The van der Waals surface area contributed by atoms with E-state index in [1.807, 2.05) is 24.4 Å². The number of fused-ring (bicyclic) bond motifs is 1. The van der Waals surface area contributed by atoms with E-state index in [4.69, 9.17) is 9.57 Å². The minimum Gasteiger partial charge on any atom is -0.457 e. The maximum atomic E-state index is 11.7. The molecule has 0 aliphatic rings. The van der Waals surface area contributed by atoms with Gasteiger partial charge in [0.25, 0.3) is 0 Å². The van der Waals surface area contributed by atoms with Crippen LogP contribution in [0.25, 0.3) is 10.1 Å².